The molecule has 0 radical (unpaired) electrons. The number of benzene rings is 1. The van der Waals surface area contributed by atoms with Gasteiger partial charge in [0, 0.05) is 0 Å². The molecule has 1 aromatic heterocycles. The van der Waals surface area contributed by atoms with Gasteiger partial charge in [0.25, 0.3) is 0 Å². The minimum atomic E-state index is 0.416. The largest absolute Gasteiger partial charge is 0.486 e. The highest BCUT2D eigenvalue weighted by Crippen LogP contribution is 2.25. The second kappa shape index (κ2) is 5.19. The van der Waals surface area contributed by atoms with E-state index < -0.39 is 0 Å². The number of para-hydroxylation sites is 1. The van der Waals surface area contributed by atoms with Crippen molar-refractivity contribution in [2.75, 3.05) is 0 Å². The van der Waals surface area contributed by atoms with Crippen LogP contribution in [0.2, 0.25) is 0 Å². The van der Waals surface area contributed by atoms with E-state index in [1.54, 1.807) is 0 Å². The van der Waals surface area contributed by atoms with Gasteiger partial charge in [-0.2, -0.15) is 5.26 Å². The number of aromatic nitrogens is 1. The van der Waals surface area contributed by atoms with Crippen molar-refractivity contribution < 1.29 is 4.74 Å². The Morgan fingerprint density at radius 1 is 1.28 bits per heavy atom. The van der Waals surface area contributed by atoms with Gasteiger partial charge in [-0.05, 0) is 31.9 Å². The number of thiazole rings is 1. The van der Waals surface area contributed by atoms with Gasteiger partial charge in [-0.15, -0.1) is 11.3 Å². The summed E-state index contributed by atoms with van der Waals surface area (Å²) in [4.78, 5) is 4.99. The lowest BCUT2D eigenvalue weighted by molar-refractivity contribution is 0.301. The molecule has 0 N–H and O–H groups in total. The van der Waals surface area contributed by atoms with E-state index in [0.717, 1.165) is 27.6 Å². The molecule has 0 aliphatic heterocycles. The molecule has 0 amide bonds. The Hall–Kier alpha value is -1.86. The standard InChI is InChI=1S/C14H14N2OS/c1-9-5-4-6-10(2)14(9)17-8-13-16-11(3)12(7-15)18-13/h4-6H,8H2,1-3H3. The number of nitrogens with zero attached hydrogens (tertiary/aromatic N) is 2. The summed E-state index contributed by atoms with van der Waals surface area (Å²) in [5, 5.41) is 9.72. The molecule has 2 rings (SSSR count). The van der Waals surface area contributed by atoms with Crippen molar-refractivity contribution in [2.45, 2.75) is 27.4 Å². The second-order valence-corrected chi connectivity index (χ2v) is 5.23. The first-order valence-corrected chi connectivity index (χ1v) is 6.49. The van der Waals surface area contributed by atoms with Gasteiger partial charge < -0.3 is 4.74 Å². The molecule has 3 nitrogen and oxygen atoms in total. The third-order valence-corrected chi connectivity index (χ3v) is 3.73. The normalized spacial score (nSPS) is 10.1. The lowest BCUT2D eigenvalue weighted by Crippen LogP contribution is -1.98. The van der Waals surface area contributed by atoms with Crippen molar-refractivity contribution in [3.8, 4) is 11.8 Å². The highest BCUT2D eigenvalue weighted by Gasteiger charge is 2.09. The van der Waals surface area contributed by atoms with Crippen molar-refractivity contribution in [2.24, 2.45) is 0 Å². The molecule has 0 aliphatic carbocycles. The van der Waals surface area contributed by atoms with E-state index in [4.69, 9.17) is 10.00 Å². The van der Waals surface area contributed by atoms with Crippen molar-refractivity contribution in [1.29, 1.82) is 5.26 Å². The fraction of sp³-hybridized carbons (Fsp3) is 0.286. The van der Waals surface area contributed by atoms with E-state index in [1.165, 1.54) is 11.3 Å². The summed E-state index contributed by atoms with van der Waals surface area (Å²) in [6.07, 6.45) is 0. The Morgan fingerprint density at radius 2 is 1.94 bits per heavy atom. The van der Waals surface area contributed by atoms with E-state index in [1.807, 2.05) is 39.0 Å². The lowest BCUT2D eigenvalue weighted by Gasteiger charge is -2.10. The Kier molecular flexibility index (Phi) is 3.63. The monoisotopic (exact) mass is 258 g/mol. The summed E-state index contributed by atoms with van der Waals surface area (Å²) in [7, 11) is 0. The van der Waals surface area contributed by atoms with Crippen LogP contribution in [0.15, 0.2) is 18.2 Å². The van der Waals surface area contributed by atoms with Gasteiger partial charge in [0.1, 0.15) is 28.3 Å². The molecule has 92 valence electrons. The topological polar surface area (TPSA) is 45.9 Å². The highest BCUT2D eigenvalue weighted by atomic mass is 32.1. The minimum Gasteiger partial charge on any atom is -0.486 e. The van der Waals surface area contributed by atoms with E-state index in [0.29, 0.717) is 11.5 Å². The fourth-order valence-electron chi connectivity index (χ4n) is 1.78. The minimum absolute atomic E-state index is 0.416. The molecule has 0 bridgehead atoms. The van der Waals surface area contributed by atoms with Crippen molar-refractivity contribution in [1.82, 2.24) is 4.98 Å². The first-order valence-electron chi connectivity index (χ1n) is 5.67. The second-order valence-electron chi connectivity index (χ2n) is 4.14. The molecule has 0 unspecified atom stereocenters. The maximum Gasteiger partial charge on any atom is 0.140 e. The van der Waals surface area contributed by atoms with Crippen LogP contribution in [0.1, 0.15) is 26.7 Å². The zero-order chi connectivity index (χ0) is 13.1. The van der Waals surface area contributed by atoms with Gasteiger partial charge in [-0.3, -0.25) is 0 Å². The van der Waals surface area contributed by atoms with Crippen LogP contribution in [0.5, 0.6) is 5.75 Å². The first kappa shape index (κ1) is 12.6. The van der Waals surface area contributed by atoms with Gasteiger partial charge in [0.2, 0.25) is 0 Å². The summed E-state index contributed by atoms with van der Waals surface area (Å²) in [6.45, 7) is 6.31. The number of ether oxygens (including phenoxy) is 1. The summed E-state index contributed by atoms with van der Waals surface area (Å²) >= 11 is 1.39. The van der Waals surface area contributed by atoms with Crippen molar-refractivity contribution >= 4 is 11.3 Å². The highest BCUT2D eigenvalue weighted by molar-refractivity contribution is 7.12. The van der Waals surface area contributed by atoms with Gasteiger partial charge >= 0.3 is 0 Å². The van der Waals surface area contributed by atoms with Crippen LogP contribution in [0.25, 0.3) is 0 Å². The number of nitriles is 1. The summed E-state index contributed by atoms with van der Waals surface area (Å²) in [6, 6.07) is 8.20. The Labute approximate surface area is 111 Å². The first-order chi connectivity index (χ1) is 8.61. The molecule has 2 aromatic rings. The zero-order valence-corrected chi connectivity index (χ0v) is 11.5. The molecule has 0 spiro atoms. The molecule has 0 saturated carbocycles. The van der Waals surface area contributed by atoms with E-state index >= 15 is 0 Å². The average Bonchev–Trinajstić information content (AvgIpc) is 2.69. The van der Waals surface area contributed by atoms with Crippen LogP contribution in [-0.4, -0.2) is 4.98 Å². The molecular formula is C14H14N2OS. The molecule has 0 fully saturated rings. The maximum atomic E-state index is 8.88. The maximum absolute atomic E-state index is 8.88. The van der Waals surface area contributed by atoms with Crippen LogP contribution in [-0.2, 0) is 6.61 Å². The average molecular weight is 258 g/mol. The van der Waals surface area contributed by atoms with E-state index in [-0.39, 0.29) is 0 Å². The van der Waals surface area contributed by atoms with Gasteiger partial charge in [-0.1, -0.05) is 18.2 Å². The third kappa shape index (κ3) is 2.52. The molecular weight excluding hydrogens is 244 g/mol. The Morgan fingerprint density at radius 3 is 2.50 bits per heavy atom. The number of hydrogen-bond acceptors (Lipinski definition) is 4. The van der Waals surface area contributed by atoms with Crippen molar-refractivity contribution in [3.05, 3.63) is 44.9 Å². The number of hydrogen-bond donors (Lipinski definition) is 0. The predicted octanol–water partition coefficient (Wildman–Crippen LogP) is 3.52. The van der Waals surface area contributed by atoms with Crippen LogP contribution in [0, 0.1) is 32.1 Å². The van der Waals surface area contributed by atoms with Crippen LogP contribution < -0.4 is 4.74 Å². The smallest absolute Gasteiger partial charge is 0.140 e. The van der Waals surface area contributed by atoms with Crippen LogP contribution in [0.4, 0.5) is 0 Å². The Balaban J connectivity index is 2.14. The van der Waals surface area contributed by atoms with E-state index in [2.05, 4.69) is 11.1 Å². The van der Waals surface area contributed by atoms with Crippen LogP contribution in [0.3, 0.4) is 0 Å². The van der Waals surface area contributed by atoms with Gasteiger partial charge in [-0.25, -0.2) is 4.98 Å². The molecule has 0 aliphatic rings. The summed E-state index contributed by atoms with van der Waals surface area (Å²) in [5.74, 6) is 0.906. The number of aryl methyl sites for hydroxylation is 3. The van der Waals surface area contributed by atoms with E-state index in [9.17, 15) is 0 Å². The quantitative estimate of drug-likeness (QED) is 0.846. The molecule has 18 heavy (non-hydrogen) atoms. The summed E-state index contributed by atoms with van der Waals surface area (Å²) < 4.78 is 5.80. The zero-order valence-electron chi connectivity index (χ0n) is 10.7. The van der Waals surface area contributed by atoms with Gasteiger partial charge in [0.05, 0.1) is 5.69 Å². The molecule has 1 heterocycles. The molecule has 4 heteroatoms. The molecule has 0 saturated heterocycles. The lowest BCUT2D eigenvalue weighted by atomic mass is 10.1. The SMILES string of the molecule is Cc1cccc(C)c1OCc1nc(C)c(C#N)s1. The van der Waals surface area contributed by atoms with Crippen LogP contribution >= 0.6 is 11.3 Å². The number of rotatable bonds is 3. The fourth-order valence-corrected chi connectivity index (χ4v) is 2.55. The third-order valence-electron chi connectivity index (χ3n) is 2.69. The predicted molar refractivity (Wildman–Crippen MR) is 71.8 cm³/mol. The summed E-state index contributed by atoms with van der Waals surface area (Å²) in [5.41, 5.74) is 3.01. The Bertz CT molecular complexity index is 590. The van der Waals surface area contributed by atoms with Crippen molar-refractivity contribution in [3.63, 3.8) is 0 Å². The molecule has 1 aromatic carbocycles. The van der Waals surface area contributed by atoms with Gasteiger partial charge in [0.15, 0.2) is 0 Å². The molecule has 0 atom stereocenters.